The average molecular weight is 292 g/mol. The van der Waals surface area contributed by atoms with Crippen LogP contribution >= 0.6 is 11.6 Å². The van der Waals surface area contributed by atoms with Crippen molar-refractivity contribution in [2.45, 2.75) is 39.2 Å². The summed E-state index contributed by atoms with van der Waals surface area (Å²) in [6.07, 6.45) is 2.84. The van der Waals surface area contributed by atoms with Gasteiger partial charge in [-0.2, -0.15) is 5.10 Å². The molecule has 20 heavy (non-hydrogen) atoms. The van der Waals surface area contributed by atoms with E-state index in [0.717, 1.165) is 30.0 Å². The van der Waals surface area contributed by atoms with Gasteiger partial charge in [-0.1, -0.05) is 23.7 Å². The summed E-state index contributed by atoms with van der Waals surface area (Å²) in [6.45, 7) is 4.17. The van der Waals surface area contributed by atoms with Gasteiger partial charge < -0.3 is 5.73 Å². The molecule has 0 saturated heterocycles. The van der Waals surface area contributed by atoms with E-state index in [9.17, 15) is 0 Å². The SMILES string of the molecule is Cc1nn(C)c(C)c1CCC(N)Cc1ccc(Cl)cc1. The highest BCUT2D eigenvalue weighted by Gasteiger charge is 2.11. The maximum atomic E-state index is 6.24. The van der Waals surface area contributed by atoms with Gasteiger partial charge in [-0.25, -0.2) is 0 Å². The predicted octanol–water partition coefficient (Wildman–Crippen LogP) is 3.19. The Bertz CT molecular complexity index is 572. The Kier molecular flexibility index (Phi) is 4.84. The van der Waals surface area contributed by atoms with Crippen molar-refractivity contribution >= 4 is 11.6 Å². The fourth-order valence-corrected chi connectivity index (χ4v) is 2.66. The van der Waals surface area contributed by atoms with Gasteiger partial charge in [-0.15, -0.1) is 0 Å². The van der Waals surface area contributed by atoms with Gasteiger partial charge in [0, 0.05) is 23.8 Å². The van der Waals surface area contributed by atoms with Gasteiger partial charge in [0.15, 0.2) is 0 Å². The summed E-state index contributed by atoms with van der Waals surface area (Å²) in [5.74, 6) is 0. The second kappa shape index (κ2) is 6.42. The fourth-order valence-electron chi connectivity index (χ4n) is 2.53. The second-order valence-electron chi connectivity index (χ2n) is 5.40. The third kappa shape index (κ3) is 3.62. The van der Waals surface area contributed by atoms with Gasteiger partial charge in [-0.05, 0) is 56.4 Å². The molecule has 2 rings (SSSR count). The lowest BCUT2D eigenvalue weighted by molar-refractivity contribution is 0.608. The minimum Gasteiger partial charge on any atom is -0.327 e. The van der Waals surface area contributed by atoms with E-state index in [0.29, 0.717) is 0 Å². The maximum absolute atomic E-state index is 6.24. The molecule has 1 unspecified atom stereocenters. The van der Waals surface area contributed by atoms with E-state index in [1.165, 1.54) is 16.8 Å². The molecule has 0 amide bonds. The molecule has 108 valence electrons. The van der Waals surface area contributed by atoms with E-state index in [4.69, 9.17) is 17.3 Å². The standard InChI is InChI=1S/C16H22ClN3/c1-11-16(12(2)20(3)19-11)9-8-15(18)10-13-4-6-14(17)7-5-13/h4-7,15H,8-10,18H2,1-3H3. The van der Waals surface area contributed by atoms with E-state index >= 15 is 0 Å². The molecule has 4 heteroatoms. The van der Waals surface area contributed by atoms with E-state index in [1.807, 2.05) is 36.0 Å². The Balaban J connectivity index is 1.92. The number of aryl methyl sites for hydroxylation is 2. The van der Waals surface area contributed by atoms with Gasteiger partial charge in [0.1, 0.15) is 0 Å². The average Bonchev–Trinajstić information content (AvgIpc) is 2.64. The fraction of sp³-hybridized carbons (Fsp3) is 0.438. The summed E-state index contributed by atoms with van der Waals surface area (Å²) >= 11 is 5.89. The summed E-state index contributed by atoms with van der Waals surface area (Å²) in [7, 11) is 1.99. The first-order chi connectivity index (χ1) is 9.47. The quantitative estimate of drug-likeness (QED) is 0.919. The van der Waals surface area contributed by atoms with Crippen molar-refractivity contribution in [3.63, 3.8) is 0 Å². The lowest BCUT2D eigenvalue weighted by Crippen LogP contribution is -2.23. The number of nitrogens with zero attached hydrogens (tertiary/aromatic N) is 2. The van der Waals surface area contributed by atoms with Crippen molar-refractivity contribution < 1.29 is 0 Å². The van der Waals surface area contributed by atoms with Gasteiger partial charge in [0.2, 0.25) is 0 Å². The van der Waals surface area contributed by atoms with Crippen LogP contribution in [0.5, 0.6) is 0 Å². The van der Waals surface area contributed by atoms with Gasteiger partial charge in [-0.3, -0.25) is 4.68 Å². The molecule has 1 atom stereocenters. The number of nitrogens with two attached hydrogens (primary N) is 1. The monoisotopic (exact) mass is 291 g/mol. The first-order valence-electron chi connectivity index (χ1n) is 6.96. The van der Waals surface area contributed by atoms with Crippen LogP contribution in [-0.4, -0.2) is 15.8 Å². The smallest absolute Gasteiger partial charge is 0.0628 e. The highest BCUT2D eigenvalue weighted by Crippen LogP contribution is 2.16. The number of benzene rings is 1. The van der Waals surface area contributed by atoms with Crippen molar-refractivity contribution in [2.24, 2.45) is 12.8 Å². The lowest BCUT2D eigenvalue weighted by Gasteiger charge is -2.12. The summed E-state index contributed by atoms with van der Waals surface area (Å²) < 4.78 is 1.94. The van der Waals surface area contributed by atoms with Crippen LogP contribution in [0.2, 0.25) is 5.02 Å². The summed E-state index contributed by atoms with van der Waals surface area (Å²) in [5, 5.41) is 5.21. The third-order valence-corrected chi connectivity index (χ3v) is 4.09. The van der Waals surface area contributed by atoms with Gasteiger partial charge >= 0.3 is 0 Å². The molecular formula is C16H22ClN3. The molecule has 0 aliphatic rings. The second-order valence-corrected chi connectivity index (χ2v) is 5.84. The highest BCUT2D eigenvalue weighted by molar-refractivity contribution is 6.30. The highest BCUT2D eigenvalue weighted by atomic mass is 35.5. The number of halogens is 1. The zero-order valence-corrected chi connectivity index (χ0v) is 13.1. The Morgan fingerprint density at radius 1 is 1.25 bits per heavy atom. The minimum atomic E-state index is 0.162. The maximum Gasteiger partial charge on any atom is 0.0628 e. The van der Waals surface area contributed by atoms with E-state index < -0.39 is 0 Å². The molecule has 1 aromatic heterocycles. The van der Waals surface area contributed by atoms with Crippen LogP contribution < -0.4 is 5.73 Å². The van der Waals surface area contributed by atoms with E-state index in [-0.39, 0.29) is 6.04 Å². The molecule has 1 aromatic carbocycles. The number of hydrogen-bond acceptors (Lipinski definition) is 2. The van der Waals surface area contributed by atoms with Crippen molar-refractivity contribution in [3.8, 4) is 0 Å². The Morgan fingerprint density at radius 3 is 2.45 bits per heavy atom. The molecule has 0 spiro atoms. The van der Waals surface area contributed by atoms with Crippen molar-refractivity contribution in [1.82, 2.24) is 9.78 Å². The molecule has 0 radical (unpaired) electrons. The Hall–Kier alpha value is -1.32. The van der Waals surface area contributed by atoms with Gasteiger partial charge in [0.05, 0.1) is 5.69 Å². The molecule has 0 aliphatic carbocycles. The largest absolute Gasteiger partial charge is 0.327 e. The molecule has 3 nitrogen and oxygen atoms in total. The van der Waals surface area contributed by atoms with Crippen LogP contribution in [0.25, 0.3) is 0 Å². The molecule has 2 aromatic rings. The topological polar surface area (TPSA) is 43.8 Å². The normalized spacial score (nSPS) is 12.7. The molecule has 0 aliphatic heterocycles. The van der Waals surface area contributed by atoms with Crippen LogP contribution in [0.4, 0.5) is 0 Å². The van der Waals surface area contributed by atoms with E-state index in [1.54, 1.807) is 0 Å². The molecule has 2 N–H and O–H groups in total. The van der Waals surface area contributed by atoms with Crippen molar-refractivity contribution in [2.75, 3.05) is 0 Å². The summed E-state index contributed by atoms with van der Waals surface area (Å²) in [6, 6.07) is 8.08. The number of hydrogen-bond donors (Lipinski definition) is 1. The Morgan fingerprint density at radius 2 is 1.90 bits per heavy atom. The minimum absolute atomic E-state index is 0.162. The number of aromatic nitrogens is 2. The van der Waals surface area contributed by atoms with Crippen LogP contribution in [0.15, 0.2) is 24.3 Å². The van der Waals surface area contributed by atoms with Crippen LogP contribution in [-0.2, 0) is 19.9 Å². The summed E-state index contributed by atoms with van der Waals surface area (Å²) in [5.41, 5.74) is 11.2. The van der Waals surface area contributed by atoms with Crippen LogP contribution in [0.3, 0.4) is 0 Å². The first kappa shape index (κ1) is 15.1. The lowest BCUT2D eigenvalue weighted by atomic mass is 9.99. The van der Waals surface area contributed by atoms with Crippen molar-refractivity contribution in [3.05, 3.63) is 51.8 Å². The molecule has 0 fully saturated rings. The molecule has 0 saturated carbocycles. The van der Waals surface area contributed by atoms with Crippen LogP contribution in [0, 0.1) is 13.8 Å². The molecular weight excluding hydrogens is 270 g/mol. The first-order valence-corrected chi connectivity index (χ1v) is 7.34. The zero-order valence-electron chi connectivity index (χ0n) is 12.4. The summed E-state index contributed by atoms with van der Waals surface area (Å²) in [4.78, 5) is 0. The van der Waals surface area contributed by atoms with Gasteiger partial charge in [0.25, 0.3) is 0 Å². The Labute approximate surface area is 125 Å². The third-order valence-electron chi connectivity index (χ3n) is 3.84. The van der Waals surface area contributed by atoms with Crippen LogP contribution in [0.1, 0.15) is 28.9 Å². The van der Waals surface area contributed by atoms with E-state index in [2.05, 4.69) is 18.9 Å². The molecule has 1 heterocycles. The molecule has 0 bridgehead atoms. The number of rotatable bonds is 5. The zero-order chi connectivity index (χ0) is 14.7. The predicted molar refractivity (Wildman–Crippen MR) is 84.1 cm³/mol. The van der Waals surface area contributed by atoms with Crippen molar-refractivity contribution in [1.29, 1.82) is 0 Å².